The number of hydrogen-bond donors (Lipinski definition) is 2. The van der Waals surface area contributed by atoms with E-state index in [-0.39, 0.29) is 24.0 Å². The summed E-state index contributed by atoms with van der Waals surface area (Å²) < 4.78 is 0. The van der Waals surface area contributed by atoms with Crippen LogP contribution in [0.5, 0.6) is 0 Å². The highest BCUT2D eigenvalue weighted by molar-refractivity contribution is 14.0. The van der Waals surface area contributed by atoms with E-state index in [0.717, 1.165) is 25.5 Å². The standard InChI is InChI=1S/C15H29N3.HI/c1-4-6-9-12-17-14(16-3)18-13-15(5-2)10-7-8-11-15;/h4,6H,5,7-13H2,1-3H3,(H2,16,17,18);1H/b6-4+;. The van der Waals surface area contributed by atoms with Gasteiger partial charge in [0, 0.05) is 20.1 Å². The van der Waals surface area contributed by atoms with Crippen LogP contribution in [0.4, 0.5) is 0 Å². The van der Waals surface area contributed by atoms with Crippen molar-refractivity contribution in [2.75, 3.05) is 20.1 Å². The second-order valence-electron chi connectivity index (χ2n) is 5.27. The smallest absolute Gasteiger partial charge is 0.191 e. The van der Waals surface area contributed by atoms with Gasteiger partial charge < -0.3 is 10.6 Å². The second-order valence-corrected chi connectivity index (χ2v) is 5.27. The third-order valence-electron chi connectivity index (χ3n) is 4.11. The normalized spacial score (nSPS) is 18.4. The maximum Gasteiger partial charge on any atom is 0.191 e. The molecule has 112 valence electrons. The third kappa shape index (κ3) is 6.63. The first kappa shape index (κ1) is 18.7. The van der Waals surface area contributed by atoms with Gasteiger partial charge in [0.15, 0.2) is 5.96 Å². The molecule has 4 heteroatoms. The summed E-state index contributed by atoms with van der Waals surface area (Å²) in [4.78, 5) is 4.28. The molecule has 0 atom stereocenters. The fraction of sp³-hybridized carbons (Fsp3) is 0.800. The van der Waals surface area contributed by atoms with Crippen molar-refractivity contribution in [1.29, 1.82) is 0 Å². The van der Waals surface area contributed by atoms with Crippen LogP contribution in [0, 0.1) is 5.41 Å². The molecule has 0 aliphatic heterocycles. The fourth-order valence-corrected chi connectivity index (χ4v) is 2.71. The van der Waals surface area contributed by atoms with Gasteiger partial charge in [0.2, 0.25) is 0 Å². The van der Waals surface area contributed by atoms with Crippen LogP contribution in [-0.4, -0.2) is 26.1 Å². The first-order valence-electron chi connectivity index (χ1n) is 7.32. The molecule has 1 rings (SSSR count). The molecule has 1 aliphatic rings. The minimum atomic E-state index is 0. The molecule has 0 bridgehead atoms. The molecule has 2 N–H and O–H groups in total. The summed E-state index contributed by atoms with van der Waals surface area (Å²) in [6.45, 7) is 6.38. The topological polar surface area (TPSA) is 36.4 Å². The second kappa shape index (κ2) is 10.5. The lowest BCUT2D eigenvalue weighted by Crippen LogP contribution is -2.43. The molecule has 0 aromatic rings. The summed E-state index contributed by atoms with van der Waals surface area (Å²) >= 11 is 0. The zero-order valence-electron chi connectivity index (χ0n) is 12.7. The van der Waals surface area contributed by atoms with Crippen molar-refractivity contribution in [3.8, 4) is 0 Å². The van der Waals surface area contributed by atoms with Crippen molar-refractivity contribution in [1.82, 2.24) is 10.6 Å². The number of guanidine groups is 1. The van der Waals surface area contributed by atoms with E-state index in [2.05, 4.69) is 41.6 Å². The Labute approximate surface area is 135 Å². The molecule has 0 saturated heterocycles. The van der Waals surface area contributed by atoms with Gasteiger partial charge in [-0.05, 0) is 38.0 Å². The average molecular weight is 379 g/mol. The summed E-state index contributed by atoms with van der Waals surface area (Å²) in [6, 6.07) is 0. The SMILES string of the molecule is C/C=C/CCNC(=NC)NCC1(CC)CCCC1.I. The average Bonchev–Trinajstić information content (AvgIpc) is 2.87. The third-order valence-corrected chi connectivity index (χ3v) is 4.11. The Kier molecular flexibility index (Phi) is 10.4. The minimum absolute atomic E-state index is 0. The number of nitrogens with one attached hydrogen (secondary N) is 2. The molecular weight excluding hydrogens is 349 g/mol. The summed E-state index contributed by atoms with van der Waals surface area (Å²) in [5.41, 5.74) is 0.515. The van der Waals surface area contributed by atoms with Crippen LogP contribution < -0.4 is 10.6 Å². The minimum Gasteiger partial charge on any atom is -0.356 e. The number of nitrogens with zero attached hydrogens (tertiary/aromatic N) is 1. The van der Waals surface area contributed by atoms with Gasteiger partial charge in [-0.1, -0.05) is 31.9 Å². The van der Waals surface area contributed by atoms with Crippen molar-refractivity contribution in [3.63, 3.8) is 0 Å². The van der Waals surface area contributed by atoms with Crippen molar-refractivity contribution in [2.24, 2.45) is 10.4 Å². The van der Waals surface area contributed by atoms with E-state index in [0.29, 0.717) is 5.41 Å². The zero-order chi connectivity index (χ0) is 13.3. The predicted molar refractivity (Wildman–Crippen MR) is 95.4 cm³/mol. The number of aliphatic imine (C=N–C) groups is 1. The lowest BCUT2D eigenvalue weighted by molar-refractivity contribution is 0.283. The van der Waals surface area contributed by atoms with Gasteiger partial charge in [0.05, 0.1) is 0 Å². The monoisotopic (exact) mass is 379 g/mol. The van der Waals surface area contributed by atoms with Gasteiger partial charge >= 0.3 is 0 Å². The summed E-state index contributed by atoms with van der Waals surface area (Å²) in [5, 5.41) is 6.85. The first-order chi connectivity index (χ1) is 8.76. The first-order valence-corrected chi connectivity index (χ1v) is 7.32. The van der Waals surface area contributed by atoms with Crippen LogP contribution in [0.25, 0.3) is 0 Å². The summed E-state index contributed by atoms with van der Waals surface area (Å²) in [5.74, 6) is 0.944. The Morgan fingerprint density at radius 1 is 1.26 bits per heavy atom. The van der Waals surface area contributed by atoms with Gasteiger partial charge in [-0.2, -0.15) is 0 Å². The largest absolute Gasteiger partial charge is 0.356 e. The Bertz CT molecular complexity index is 281. The van der Waals surface area contributed by atoms with E-state index in [1.165, 1.54) is 32.1 Å². The molecule has 0 unspecified atom stereocenters. The molecule has 3 nitrogen and oxygen atoms in total. The van der Waals surface area contributed by atoms with E-state index in [1.54, 1.807) is 0 Å². The van der Waals surface area contributed by atoms with E-state index in [1.807, 2.05) is 7.05 Å². The van der Waals surface area contributed by atoms with Crippen LogP contribution >= 0.6 is 24.0 Å². The van der Waals surface area contributed by atoms with Crippen LogP contribution in [0.15, 0.2) is 17.1 Å². The van der Waals surface area contributed by atoms with Gasteiger partial charge in [-0.25, -0.2) is 0 Å². The molecule has 0 spiro atoms. The zero-order valence-corrected chi connectivity index (χ0v) is 15.0. The molecular formula is C15H30IN3. The number of allylic oxidation sites excluding steroid dienone is 1. The highest BCUT2D eigenvalue weighted by Crippen LogP contribution is 2.40. The number of hydrogen-bond acceptors (Lipinski definition) is 1. The molecule has 1 fully saturated rings. The molecule has 0 amide bonds. The van der Waals surface area contributed by atoms with Gasteiger partial charge in [-0.15, -0.1) is 24.0 Å². The van der Waals surface area contributed by atoms with E-state index in [4.69, 9.17) is 0 Å². The van der Waals surface area contributed by atoms with Crippen molar-refractivity contribution in [2.45, 2.75) is 52.4 Å². The van der Waals surface area contributed by atoms with Crippen LogP contribution in [0.2, 0.25) is 0 Å². The fourth-order valence-electron chi connectivity index (χ4n) is 2.71. The van der Waals surface area contributed by atoms with Gasteiger partial charge in [-0.3, -0.25) is 4.99 Å². The molecule has 1 saturated carbocycles. The lowest BCUT2D eigenvalue weighted by atomic mass is 9.83. The predicted octanol–water partition coefficient (Wildman–Crippen LogP) is 3.71. The highest BCUT2D eigenvalue weighted by Gasteiger charge is 2.31. The molecule has 0 aromatic carbocycles. The maximum absolute atomic E-state index is 4.28. The van der Waals surface area contributed by atoms with Gasteiger partial charge in [0.1, 0.15) is 0 Å². The number of halogens is 1. The van der Waals surface area contributed by atoms with Crippen LogP contribution in [0.1, 0.15) is 52.4 Å². The Hall–Kier alpha value is -0.260. The van der Waals surface area contributed by atoms with Gasteiger partial charge in [0.25, 0.3) is 0 Å². The number of rotatable bonds is 6. The quantitative estimate of drug-likeness (QED) is 0.243. The van der Waals surface area contributed by atoms with E-state index in [9.17, 15) is 0 Å². The summed E-state index contributed by atoms with van der Waals surface area (Å²) in [7, 11) is 1.85. The molecule has 1 aliphatic carbocycles. The summed E-state index contributed by atoms with van der Waals surface area (Å²) in [6.07, 6.45) is 12.1. The Morgan fingerprint density at radius 3 is 2.47 bits per heavy atom. The van der Waals surface area contributed by atoms with Crippen LogP contribution in [0.3, 0.4) is 0 Å². The maximum atomic E-state index is 4.28. The Balaban J connectivity index is 0.00000324. The van der Waals surface area contributed by atoms with Crippen molar-refractivity contribution in [3.05, 3.63) is 12.2 Å². The molecule has 0 aromatic heterocycles. The van der Waals surface area contributed by atoms with E-state index >= 15 is 0 Å². The van der Waals surface area contributed by atoms with Crippen LogP contribution in [-0.2, 0) is 0 Å². The highest BCUT2D eigenvalue weighted by atomic mass is 127. The molecule has 0 heterocycles. The van der Waals surface area contributed by atoms with E-state index < -0.39 is 0 Å². The van der Waals surface area contributed by atoms with Crippen molar-refractivity contribution >= 4 is 29.9 Å². The molecule has 0 radical (unpaired) electrons. The molecule has 19 heavy (non-hydrogen) atoms. The Morgan fingerprint density at radius 2 is 1.95 bits per heavy atom. The van der Waals surface area contributed by atoms with Crippen molar-refractivity contribution < 1.29 is 0 Å². The lowest BCUT2D eigenvalue weighted by Gasteiger charge is -2.28.